The number of amides is 1. The van der Waals surface area contributed by atoms with Gasteiger partial charge < -0.3 is 10.5 Å². The summed E-state index contributed by atoms with van der Waals surface area (Å²) in [5, 5.41) is 3.89. The Morgan fingerprint density at radius 2 is 2.57 bits per heavy atom. The van der Waals surface area contributed by atoms with Gasteiger partial charge in [0, 0.05) is 12.8 Å². The molecular formula is C8H10N4O2. The monoisotopic (exact) mass is 194 g/mol. The zero-order valence-electron chi connectivity index (χ0n) is 7.51. The predicted molar refractivity (Wildman–Crippen MR) is 47.0 cm³/mol. The lowest BCUT2D eigenvalue weighted by Crippen LogP contribution is -2.15. The van der Waals surface area contributed by atoms with E-state index in [2.05, 4.69) is 16.7 Å². The molecule has 0 aromatic carbocycles. The second-order valence-corrected chi connectivity index (χ2v) is 3.06. The molecule has 2 N–H and O–H groups in total. The van der Waals surface area contributed by atoms with Crippen molar-refractivity contribution in [3.63, 3.8) is 0 Å². The Bertz CT molecular complexity index is 384. The molecule has 6 heteroatoms. The van der Waals surface area contributed by atoms with Crippen LogP contribution in [0.1, 0.15) is 29.7 Å². The first-order chi connectivity index (χ1) is 6.66. The van der Waals surface area contributed by atoms with Crippen molar-refractivity contribution < 1.29 is 9.53 Å². The Morgan fingerprint density at radius 3 is 3.07 bits per heavy atom. The minimum atomic E-state index is -0.638. The summed E-state index contributed by atoms with van der Waals surface area (Å²) >= 11 is 0. The van der Waals surface area contributed by atoms with Gasteiger partial charge in [-0.25, -0.2) is 9.67 Å². The quantitative estimate of drug-likeness (QED) is 0.728. The van der Waals surface area contributed by atoms with Gasteiger partial charge in [-0.05, 0) is 0 Å². The van der Waals surface area contributed by atoms with E-state index in [1.54, 1.807) is 0 Å². The van der Waals surface area contributed by atoms with Crippen molar-refractivity contribution >= 4 is 5.91 Å². The van der Waals surface area contributed by atoms with E-state index in [0.29, 0.717) is 0 Å². The molecule has 6 nitrogen and oxygen atoms in total. The number of nitrogens with zero attached hydrogens (tertiary/aromatic N) is 3. The smallest absolute Gasteiger partial charge is 0.288 e. The van der Waals surface area contributed by atoms with Gasteiger partial charge in [0.1, 0.15) is 6.33 Å². The van der Waals surface area contributed by atoms with Crippen LogP contribution in [0.25, 0.3) is 0 Å². The highest BCUT2D eigenvalue weighted by atomic mass is 16.5. The van der Waals surface area contributed by atoms with Gasteiger partial charge in [-0.2, -0.15) is 0 Å². The van der Waals surface area contributed by atoms with Gasteiger partial charge in [0.2, 0.25) is 5.82 Å². The first-order valence-electron chi connectivity index (χ1n) is 4.22. The summed E-state index contributed by atoms with van der Waals surface area (Å²) in [5.74, 6) is 0.0952. The van der Waals surface area contributed by atoms with Crippen molar-refractivity contribution in [3.05, 3.63) is 24.5 Å². The molecule has 1 saturated heterocycles. The van der Waals surface area contributed by atoms with Crippen LogP contribution in [0.15, 0.2) is 18.7 Å². The van der Waals surface area contributed by atoms with Crippen LogP contribution in [-0.2, 0) is 4.74 Å². The average molecular weight is 194 g/mol. The van der Waals surface area contributed by atoms with Gasteiger partial charge >= 0.3 is 0 Å². The van der Waals surface area contributed by atoms with Crippen molar-refractivity contribution in [2.75, 3.05) is 0 Å². The normalized spacial score (nSPS) is 20.9. The molecule has 2 heterocycles. The molecule has 14 heavy (non-hydrogen) atoms. The Kier molecular flexibility index (Phi) is 1.95. The van der Waals surface area contributed by atoms with E-state index in [1.165, 1.54) is 11.0 Å². The minimum absolute atomic E-state index is 0.00566. The molecule has 0 radical (unpaired) electrons. The minimum Gasteiger partial charge on any atom is -0.474 e. The molecule has 1 atom stereocenters. The standard InChI is InChI=1S/C8H10N4O2/c1-5-2-3-6(14-5)12-4-10-8(11-12)7(9)13/h4,6H,1-3H2,(H2,9,13). The van der Waals surface area contributed by atoms with Gasteiger partial charge in [-0.15, -0.1) is 5.10 Å². The van der Waals surface area contributed by atoms with Crippen LogP contribution < -0.4 is 5.73 Å². The molecule has 1 aromatic heterocycles. The summed E-state index contributed by atoms with van der Waals surface area (Å²) in [6.45, 7) is 3.70. The maximum atomic E-state index is 10.7. The molecule has 0 spiro atoms. The number of allylic oxidation sites excluding steroid dienone is 1. The summed E-state index contributed by atoms with van der Waals surface area (Å²) in [6, 6.07) is 0. The number of ether oxygens (including phenoxy) is 1. The molecule has 1 amide bonds. The van der Waals surface area contributed by atoms with E-state index in [-0.39, 0.29) is 12.1 Å². The summed E-state index contributed by atoms with van der Waals surface area (Å²) < 4.78 is 6.84. The van der Waals surface area contributed by atoms with Crippen molar-refractivity contribution in [2.24, 2.45) is 5.73 Å². The molecule has 2 rings (SSSR count). The highest BCUT2D eigenvalue weighted by Crippen LogP contribution is 2.28. The highest BCUT2D eigenvalue weighted by Gasteiger charge is 2.22. The van der Waals surface area contributed by atoms with Crippen molar-refractivity contribution in [1.29, 1.82) is 0 Å². The van der Waals surface area contributed by atoms with E-state index in [9.17, 15) is 4.79 Å². The molecule has 0 bridgehead atoms. The topological polar surface area (TPSA) is 83.0 Å². The second-order valence-electron chi connectivity index (χ2n) is 3.06. The summed E-state index contributed by atoms with van der Waals surface area (Å²) in [5.41, 5.74) is 5.02. The maximum Gasteiger partial charge on any atom is 0.288 e. The average Bonchev–Trinajstić information content (AvgIpc) is 2.70. The fraction of sp³-hybridized carbons (Fsp3) is 0.375. The lowest BCUT2D eigenvalue weighted by Gasteiger charge is -2.08. The predicted octanol–water partition coefficient (Wildman–Crippen LogP) is 0.200. The molecule has 1 fully saturated rings. The first-order valence-corrected chi connectivity index (χ1v) is 4.22. The number of rotatable bonds is 2. The van der Waals surface area contributed by atoms with Crippen LogP contribution in [0.5, 0.6) is 0 Å². The number of carbonyl (C=O) groups is 1. The molecule has 1 aliphatic heterocycles. The number of hydrogen-bond acceptors (Lipinski definition) is 4. The van der Waals surface area contributed by atoms with Gasteiger partial charge in [-0.3, -0.25) is 4.79 Å². The first kappa shape index (κ1) is 8.74. The molecule has 1 aliphatic rings. The van der Waals surface area contributed by atoms with Crippen LogP contribution in [0, 0.1) is 0 Å². The lowest BCUT2D eigenvalue weighted by atomic mass is 10.3. The van der Waals surface area contributed by atoms with Gasteiger partial charge in [-0.1, -0.05) is 6.58 Å². The third-order valence-corrected chi connectivity index (χ3v) is 2.00. The Balaban J connectivity index is 2.17. The van der Waals surface area contributed by atoms with Gasteiger partial charge in [0.25, 0.3) is 5.91 Å². The largest absolute Gasteiger partial charge is 0.474 e. The van der Waals surface area contributed by atoms with E-state index < -0.39 is 5.91 Å². The maximum absolute atomic E-state index is 10.7. The van der Waals surface area contributed by atoms with Crippen LogP contribution in [0.2, 0.25) is 0 Å². The van der Waals surface area contributed by atoms with Crippen LogP contribution in [0.4, 0.5) is 0 Å². The lowest BCUT2D eigenvalue weighted by molar-refractivity contribution is 0.0852. The number of primary amides is 1. The number of aromatic nitrogens is 3. The van der Waals surface area contributed by atoms with Crippen molar-refractivity contribution in [3.8, 4) is 0 Å². The molecule has 1 unspecified atom stereocenters. The molecule has 0 aliphatic carbocycles. The zero-order valence-corrected chi connectivity index (χ0v) is 7.51. The molecular weight excluding hydrogens is 184 g/mol. The number of carbonyl (C=O) groups excluding carboxylic acids is 1. The molecule has 0 saturated carbocycles. The Labute approximate surface area is 80.4 Å². The van der Waals surface area contributed by atoms with Gasteiger partial charge in [0.15, 0.2) is 6.23 Å². The third-order valence-electron chi connectivity index (χ3n) is 2.00. The van der Waals surface area contributed by atoms with E-state index in [4.69, 9.17) is 10.5 Å². The van der Waals surface area contributed by atoms with Crippen molar-refractivity contribution in [2.45, 2.75) is 19.1 Å². The van der Waals surface area contributed by atoms with Crippen molar-refractivity contribution in [1.82, 2.24) is 14.8 Å². The second kappa shape index (κ2) is 3.13. The van der Waals surface area contributed by atoms with Gasteiger partial charge in [0.05, 0.1) is 5.76 Å². The SMILES string of the molecule is C=C1CCC(n2cnc(C(N)=O)n2)O1. The summed E-state index contributed by atoms with van der Waals surface area (Å²) in [6.07, 6.45) is 2.82. The highest BCUT2D eigenvalue weighted by molar-refractivity contribution is 5.88. The van der Waals surface area contributed by atoms with E-state index >= 15 is 0 Å². The summed E-state index contributed by atoms with van der Waals surface area (Å²) in [4.78, 5) is 14.5. The summed E-state index contributed by atoms with van der Waals surface area (Å²) in [7, 11) is 0. The third kappa shape index (κ3) is 1.46. The van der Waals surface area contributed by atoms with Crippen LogP contribution >= 0.6 is 0 Å². The van der Waals surface area contributed by atoms with E-state index in [1.807, 2.05) is 0 Å². The zero-order chi connectivity index (χ0) is 10.1. The molecule has 1 aromatic rings. The number of nitrogens with two attached hydrogens (primary N) is 1. The van der Waals surface area contributed by atoms with Crippen LogP contribution in [0.3, 0.4) is 0 Å². The van der Waals surface area contributed by atoms with E-state index in [0.717, 1.165) is 18.6 Å². The fourth-order valence-electron chi connectivity index (χ4n) is 1.31. The molecule has 74 valence electrons. The number of hydrogen-bond donors (Lipinski definition) is 1. The Morgan fingerprint density at radius 1 is 1.79 bits per heavy atom. The fourth-order valence-corrected chi connectivity index (χ4v) is 1.31. The van der Waals surface area contributed by atoms with Crippen LogP contribution in [-0.4, -0.2) is 20.7 Å². The Hall–Kier alpha value is -1.85.